The Morgan fingerprint density at radius 1 is 1.11 bits per heavy atom. The molecule has 0 aromatic rings. The lowest BCUT2D eigenvalue weighted by Crippen LogP contribution is -2.48. The van der Waals surface area contributed by atoms with E-state index < -0.39 is 11.9 Å². The molecule has 2 N–H and O–H groups in total. The normalized spacial score (nSPS) is 28.5. The molecule has 0 aliphatic carbocycles. The van der Waals surface area contributed by atoms with Gasteiger partial charge in [-0.3, -0.25) is 4.79 Å². The molecular formula is C12H20N2O4. The summed E-state index contributed by atoms with van der Waals surface area (Å²) in [5, 5.41) is 18.1. The van der Waals surface area contributed by atoms with Gasteiger partial charge in [-0.1, -0.05) is 0 Å². The number of aliphatic carboxylic acids is 1. The van der Waals surface area contributed by atoms with E-state index in [1.165, 1.54) is 0 Å². The van der Waals surface area contributed by atoms with Gasteiger partial charge in [-0.25, -0.2) is 4.79 Å². The number of carbonyl (C=O) groups excluding carboxylic acids is 1. The standard InChI is InChI=1S/C12H20N2O4/c15-8-9-3-5-14(6-9)12(18)13-4-1-2-10(7-13)11(16)17/h9-10,15H,1-8H2,(H,16,17)/t9?,10-/m0/s1. The number of aliphatic hydroxyl groups excluding tert-OH is 1. The van der Waals surface area contributed by atoms with Gasteiger partial charge in [0.05, 0.1) is 5.92 Å². The first kappa shape index (κ1) is 13.1. The summed E-state index contributed by atoms with van der Waals surface area (Å²) in [6.07, 6.45) is 2.23. The molecule has 0 saturated carbocycles. The third kappa shape index (κ3) is 2.75. The number of hydrogen-bond donors (Lipinski definition) is 2. The molecule has 1 unspecified atom stereocenters. The SMILES string of the molecule is O=C(O)[C@H]1CCCN(C(=O)N2CCC(CO)C2)C1. The third-order valence-corrected chi connectivity index (χ3v) is 3.86. The number of amides is 2. The third-order valence-electron chi connectivity index (χ3n) is 3.86. The van der Waals surface area contributed by atoms with E-state index >= 15 is 0 Å². The first-order valence-corrected chi connectivity index (χ1v) is 6.49. The van der Waals surface area contributed by atoms with Gasteiger partial charge in [-0.2, -0.15) is 0 Å². The molecule has 2 atom stereocenters. The topological polar surface area (TPSA) is 81.1 Å². The lowest BCUT2D eigenvalue weighted by molar-refractivity contribution is -0.143. The van der Waals surface area contributed by atoms with Crippen LogP contribution in [0.4, 0.5) is 4.79 Å². The van der Waals surface area contributed by atoms with Gasteiger partial charge in [0.15, 0.2) is 0 Å². The summed E-state index contributed by atoms with van der Waals surface area (Å²) < 4.78 is 0. The summed E-state index contributed by atoms with van der Waals surface area (Å²) in [7, 11) is 0. The summed E-state index contributed by atoms with van der Waals surface area (Å²) in [6.45, 7) is 2.32. The summed E-state index contributed by atoms with van der Waals surface area (Å²) in [5.74, 6) is -1.07. The van der Waals surface area contributed by atoms with Crippen LogP contribution in [0.5, 0.6) is 0 Å². The Kier molecular flexibility index (Phi) is 4.06. The quantitative estimate of drug-likeness (QED) is 0.740. The minimum atomic E-state index is -0.817. The Hall–Kier alpha value is -1.30. The van der Waals surface area contributed by atoms with E-state index in [0.29, 0.717) is 32.6 Å². The molecule has 2 saturated heterocycles. The predicted octanol–water partition coefficient (Wildman–Crippen LogP) is 0.217. The molecule has 6 nitrogen and oxygen atoms in total. The van der Waals surface area contributed by atoms with Crippen molar-refractivity contribution in [1.29, 1.82) is 0 Å². The maximum absolute atomic E-state index is 12.2. The summed E-state index contributed by atoms with van der Waals surface area (Å²) in [5.41, 5.74) is 0. The molecule has 0 bridgehead atoms. The van der Waals surface area contributed by atoms with Gasteiger partial charge in [0.1, 0.15) is 0 Å². The molecular weight excluding hydrogens is 236 g/mol. The molecule has 2 rings (SSSR count). The zero-order valence-electron chi connectivity index (χ0n) is 10.4. The largest absolute Gasteiger partial charge is 0.481 e. The van der Waals surface area contributed by atoms with Crippen molar-refractivity contribution >= 4 is 12.0 Å². The van der Waals surface area contributed by atoms with Gasteiger partial charge < -0.3 is 20.0 Å². The lowest BCUT2D eigenvalue weighted by Gasteiger charge is -2.33. The highest BCUT2D eigenvalue weighted by molar-refractivity contribution is 5.77. The molecule has 2 aliphatic heterocycles. The van der Waals surface area contributed by atoms with Crippen LogP contribution in [0.2, 0.25) is 0 Å². The molecule has 2 fully saturated rings. The van der Waals surface area contributed by atoms with Crippen molar-refractivity contribution in [2.45, 2.75) is 19.3 Å². The van der Waals surface area contributed by atoms with Crippen molar-refractivity contribution in [3.63, 3.8) is 0 Å². The Bertz CT molecular complexity index is 334. The van der Waals surface area contributed by atoms with Crippen LogP contribution in [0, 0.1) is 11.8 Å². The molecule has 2 amide bonds. The van der Waals surface area contributed by atoms with Crippen molar-refractivity contribution < 1.29 is 19.8 Å². The first-order chi connectivity index (χ1) is 8.61. The van der Waals surface area contributed by atoms with Gasteiger partial charge in [0.25, 0.3) is 0 Å². The van der Waals surface area contributed by atoms with Crippen LogP contribution in [0.15, 0.2) is 0 Å². The fraction of sp³-hybridized carbons (Fsp3) is 0.833. The van der Waals surface area contributed by atoms with Crippen molar-refractivity contribution in [3.05, 3.63) is 0 Å². The summed E-state index contributed by atoms with van der Waals surface area (Å²) in [4.78, 5) is 26.5. The first-order valence-electron chi connectivity index (χ1n) is 6.49. The monoisotopic (exact) mass is 256 g/mol. The maximum Gasteiger partial charge on any atom is 0.320 e. The molecule has 0 aromatic heterocycles. The Balaban J connectivity index is 1.91. The number of aliphatic hydroxyl groups is 1. The van der Waals surface area contributed by atoms with Crippen LogP contribution in [-0.4, -0.2) is 64.8 Å². The zero-order chi connectivity index (χ0) is 13.1. The number of nitrogens with zero attached hydrogens (tertiary/aromatic N) is 2. The van der Waals surface area contributed by atoms with Gasteiger partial charge >= 0.3 is 12.0 Å². The number of hydrogen-bond acceptors (Lipinski definition) is 3. The van der Waals surface area contributed by atoms with E-state index in [9.17, 15) is 9.59 Å². The number of carboxylic acids is 1. The fourth-order valence-electron chi connectivity index (χ4n) is 2.71. The molecule has 0 spiro atoms. The number of rotatable bonds is 2. The van der Waals surface area contributed by atoms with Crippen molar-refractivity contribution in [1.82, 2.24) is 9.80 Å². The highest BCUT2D eigenvalue weighted by Crippen LogP contribution is 2.21. The van der Waals surface area contributed by atoms with E-state index in [4.69, 9.17) is 10.2 Å². The van der Waals surface area contributed by atoms with Gasteiger partial charge in [0, 0.05) is 38.7 Å². The van der Waals surface area contributed by atoms with E-state index in [2.05, 4.69) is 0 Å². The Morgan fingerprint density at radius 2 is 1.83 bits per heavy atom. The molecule has 2 heterocycles. The molecule has 0 aromatic carbocycles. The number of likely N-dealkylation sites (tertiary alicyclic amines) is 2. The van der Waals surface area contributed by atoms with Crippen molar-refractivity contribution in [2.75, 3.05) is 32.8 Å². The van der Waals surface area contributed by atoms with E-state index in [1.807, 2.05) is 0 Å². The van der Waals surface area contributed by atoms with Crippen LogP contribution in [0.3, 0.4) is 0 Å². The number of urea groups is 1. The van der Waals surface area contributed by atoms with Crippen molar-refractivity contribution in [2.24, 2.45) is 11.8 Å². The van der Waals surface area contributed by atoms with Crippen LogP contribution in [0.1, 0.15) is 19.3 Å². The van der Waals surface area contributed by atoms with Crippen LogP contribution < -0.4 is 0 Å². The predicted molar refractivity (Wildman–Crippen MR) is 64.1 cm³/mol. The highest BCUT2D eigenvalue weighted by Gasteiger charge is 2.33. The average molecular weight is 256 g/mol. The zero-order valence-corrected chi connectivity index (χ0v) is 10.4. The molecule has 6 heteroatoms. The summed E-state index contributed by atoms with van der Waals surface area (Å²) in [6, 6.07) is -0.0723. The number of piperidine rings is 1. The molecule has 2 aliphatic rings. The van der Waals surface area contributed by atoms with Crippen LogP contribution in [0.25, 0.3) is 0 Å². The Morgan fingerprint density at radius 3 is 2.44 bits per heavy atom. The minimum Gasteiger partial charge on any atom is -0.481 e. The average Bonchev–Trinajstić information content (AvgIpc) is 2.86. The van der Waals surface area contributed by atoms with Crippen LogP contribution in [-0.2, 0) is 4.79 Å². The van der Waals surface area contributed by atoms with Gasteiger partial charge in [-0.05, 0) is 19.3 Å². The lowest BCUT2D eigenvalue weighted by atomic mass is 9.99. The Labute approximate surface area is 106 Å². The second-order valence-electron chi connectivity index (χ2n) is 5.19. The van der Waals surface area contributed by atoms with Crippen molar-refractivity contribution in [3.8, 4) is 0 Å². The number of carbonyl (C=O) groups is 2. The fourth-order valence-corrected chi connectivity index (χ4v) is 2.71. The smallest absolute Gasteiger partial charge is 0.320 e. The minimum absolute atomic E-state index is 0.0723. The summed E-state index contributed by atoms with van der Waals surface area (Å²) >= 11 is 0. The van der Waals surface area contributed by atoms with Gasteiger partial charge in [0.2, 0.25) is 0 Å². The second kappa shape index (κ2) is 5.56. The maximum atomic E-state index is 12.2. The van der Waals surface area contributed by atoms with E-state index in [0.717, 1.165) is 12.8 Å². The molecule has 0 radical (unpaired) electrons. The molecule has 18 heavy (non-hydrogen) atoms. The second-order valence-corrected chi connectivity index (χ2v) is 5.19. The number of carboxylic acid groups (broad SMARTS) is 1. The van der Waals surface area contributed by atoms with E-state index in [1.54, 1.807) is 9.80 Å². The van der Waals surface area contributed by atoms with Gasteiger partial charge in [-0.15, -0.1) is 0 Å². The molecule has 102 valence electrons. The highest BCUT2D eigenvalue weighted by atomic mass is 16.4. The van der Waals surface area contributed by atoms with E-state index in [-0.39, 0.29) is 18.6 Å². The van der Waals surface area contributed by atoms with Crippen LogP contribution >= 0.6 is 0 Å².